The molecule has 212 valence electrons. The fourth-order valence-electron chi connectivity index (χ4n) is 5.52. The third-order valence-electron chi connectivity index (χ3n) is 7.86. The third-order valence-corrected chi connectivity index (χ3v) is 7.86. The first-order valence-corrected chi connectivity index (χ1v) is 13.6. The molecular weight excluding hydrogens is 535 g/mol. The molecule has 3 aromatic carbocycles. The largest absolute Gasteiger partial charge is 0.360 e. The molecule has 2 unspecified atom stereocenters. The highest BCUT2D eigenvalue weighted by Gasteiger charge is 2.33. The Morgan fingerprint density at radius 2 is 1.83 bits per heavy atom. The van der Waals surface area contributed by atoms with Crippen molar-refractivity contribution in [2.45, 2.75) is 39.2 Å². The predicted molar refractivity (Wildman–Crippen MR) is 158 cm³/mol. The Balaban J connectivity index is 1.21. The summed E-state index contributed by atoms with van der Waals surface area (Å²) in [5.41, 5.74) is 7.48. The lowest BCUT2D eigenvalue weighted by Gasteiger charge is -2.15. The highest BCUT2D eigenvalue weighted by Crippen LogP contribution is 2.37. The number of aromatic nitrogens is 3. The van der Waals surface area contributed by atoms with Crippen LogP contribution in [0.5, 0.6) is 0 Å². The van der Waals surface area contributed by atoms with Crippen LogP contribution < -0.4 is 16.0 Å². The predicted octanol–water partition coefficient (Wildman–Crippen LogP) is 5.67. The lowest BCUT2D eigenvalue weighted by Crippen LogP contribution is -2.26. The number of para-hydroxylation sites is 1. The second-order valence-corrected chi connectivity index (χ2v) is 10.6. The standard InChI is InChI=1S/C32H29FN6O3/c1-16-27(36-18(3)28(16)39-31(41)22-5-4-6-26-29(22)35-15-34-26)14-24-23-13-20(9-12-25(23)38-32(24)42)30(40)37-17(2)19-7-10-21(33)11-8-19/h4-13,15,17,24,36H,14H2,1-3H3,(H,34,35)(H,37,40)(H,38,42)(H,39,41). The maximum absolute atomic E-state index is 13.3. The highest BCUT2D eigenvalue weighted by atomic mass is 19.1. The van der Waals surface area contributed by atoms with Crippen LogP contribution in [0.3, 0.4) is 0 Å². The first-order chi connectivity index (χ1) is 20.2. The number of anilines is 2. The molecule has 1 aliphatic heterocycles. The minimum absolute atomic E-state index is 0.162. The van der Waals surface area contributed by atoms with Crippen LogP contribution in [0.4, 0.5) is 15.8 Å². The number of imidazole rings is 1. The summed E-state index contributed by atoms with van der Waals surface area (Å²) >= 11 is 0. The zero-order valence-corrected chi connectivity index (χ0v) is 23.3. The van der Waals surface area contributed by atoms with Gasteiger partial charge >= 0.3 is 0 Å². The van der Waals surface area contributed by atoms with Crippen LogP contribution in [0.15, 0.2) is 67.0 Å². The first-order valence-electron chi connectivity index (χ1n) is 13.6. The second-order valence-electron chi connectivity index (χ2n) is 10.6. The monoisotopic (exact) mass is 564 g/mol. The van der Waals surface area contributed by atoms with Gasteiger partial charge in [0.2, 0.25) is 5.91 Å². The van der Waals surface area contributed by atoms with Crippen LogP contribution in [0.25, 0.3) is 11.0 Å². The van der Waals surface area contributed by atoms with E-state index >= 15 is 0 Å². The topological polar surface area (TPSA) is 132 Å². The molecule has 5 aromatic rings. The van der Waals surface area contributed by atoms with Gasteiger partial charge in [-0.15, -0.1) is 0 Å². The van der Waals surface area contributed by atoms with E-state index in [1.165, 1.54) is 12.1 Å². The molecule has 0 saturated heterocycles. The SMILES string of the molecule is Cc1[nH]c(CC2C(=O)Nc3ccc(C(=O)NC(C)c4ccc(F)cc4)cc32)c(C)c1NC(=O)c1cccc2[nH]cnc12. The van der Waals surface area contributed by atoms with Gasteiger partial charge in [0.25, 0.3) is 11.8 Å². The highest BCUT2D eigenvalue weighted by molar-refractivity contribution is 6.12. The van der Waals surface area contributed by atoms with Gasteiger partial charge in [0.05, 0.1) is 35.1 Å². The molecule has 0 spiro atoms. The Morgan fingerprint density at radius 3 is 2.62 bits per heavy atom. The van der Waals surface area contributed by atoms with Crippen molar-refractivity contribution in [3.8, 4) is 0 Å². The van der Waals surface area contributed by atoms with Crippen LogP contribution >= 0.6 is 0 Å². The molecule has 3 amide bonds. The lowest BCUT2D eigenvalue weighted by atomic mass is 9.93. The molecule has 0 fully saturated rings. The normalized spacial score (nSPS) is 14.9. The van der Waals surface area contributed by atoms with Crippen molar-refractivity contribution >= 4 is 40.1 Å². The second kappa shape index (κ2) is 10.6. The number of carbonyl (C=O) groups is 3. The number of aryl methyl sites for hydroxylation is 1. The molecule has 0 radical (unpaired) electrons. The molecule has 0 aliphatic carbocycles. The van der Waals surface area contributed by atoms with Crippen molar-refractivity contribution in [1.82, 2.24) is 20.3 Å². The van der Waals surface area contributed by atoms with Gasteiger partial charge in [0.15, 0.2) is 0 Å². The Labute approximate surface area is 241 Å². The number of benzene rings is 3. The molecule has 0 saturated carbocycles. The minimum Gasteiger partial charge on any atom is -0.360 e. The summed E-state index contributed by atoms with van der Waals surface area (Å²) in [6, 6.07) is 16.2. The smallest absolute Gasteiger partial charge is 0.257 e. The van der Waals surface area contributed by atoms with Gasteiger partial charge in [-0.05, 0) is 79.9 Å². The van der Waals surface area contributed by atoms with E-state index < -0.39 is 5.92 Å². The number of halogens is 1. The lowest BCUT2D eigenvalue weighted by molar-refractivity contribution is -0.117. The van der Waals surface area contributed by atoms with E-state index in [1.807, 2.05) is 26.8 Å². The van der Waals surface area contributed by atoms with Crippen LogP contribution in [-0.4, -0.2) is 32.7 Å². The molecular formula is C32H29FN6O3. The van der Waals surface area contributed by atoms with Crippen LogP contribution in [0.2, 0.25) is 0 Å². The van der Waals surface area contributed by atoms with Gasteiger partial charge < -0.3 is 25.9 Å². The van der Waals surface area contributed by atoms with E-state index in [1.54, 1.807) is 48.8 Å². The van der Waals surface area contributed by atoms with E-state index in [0.717, 1.165) is 33.6 Å². The van der Waals surface area contributed by atoms with Crippen molar-refractivity contribution in [2.24, 2.45) is 0 Å². The molecule has 0 bridgehead atoms. The molecule has 2 aromatic heterocycles. The average Bonchev–Trinajstić information content (AvgIpc) is 3.65. The number of amides is 3. The molecule has 6 rings (SSSR count). The fraction of sp³-hybridized carbons (Fsp3) is 0.188. The number of nitrogens with one attached hydrogen (secondary N) is 5. The molecule has 3 heterocycles. The number of rotatable bonds is 7. The molecule has 9 nitrogen and oxygen atoms in total. The summed E-state index contributed by atoms with van der Waals surface area (Å²) in [7, 11) is 0. The molecule has 2 atom stereocenters. The summed E-state index contributed by atoms with van der Waals surface area (Å²) in [5, 5.41) is 8.87. The van der Waals surface area contributed by atoms with E-state index in [4.69, 9.17) is 0 Å². The summed E-state index contributed by atoms with van der Waals surface area (Å²) in [5.74, 6) is -1.60. The van der Waals surface area contributed by atoms with Crippen molar-refractivity contribution in [2.75, 3.05) is 10.6 Å². The number of aromatic amines is 2. The van der Waals surface area contributed by atoms with Gasteiger partial charge in [-0.1, -0.05) is 18.2 Å². The van der Waals surface area contributed by atoms with Crippen molar-refractivity contribution in [3.63, 3.8) is 0 Å². The molecule has 10 heteroatoms. The zero-order valence-electron chi connectivity index (χ0n) is 23.3. The Morgan fingerprint density at radius 1 is 1.05 bits per heavy atom. The number of carbonyl (C=O) groups excluding carboxylic acids is 3. The Bertz CT molecular complexity index is 1860. The van der Waals surface area contributed by atoms with Crippen molar-refractivity contribution in [3.05, 3.63) is 112 Å². The Hall–Kier alpha value is -5.25. The van der Waals surface area contributed by atoms with Gasteiger partial charge in [0, 0.05) is 29.1 Å². The van der Waals surface area contributed by atoms with Gasteiger partial charge in [-0.2, -0.15) is 0 Å². The number of hydrogen-bond donors (Lipinski definition) is 5. The van der Waals surface area contributed by atoms with Crippen LogP contribution in [-0.2, 0) is 11.2 Å². The number of nitrogens with zero attached hydrogens (tertiary/aromatic N) is 1. The van der Waals surface area contributed by atoms with Gasteiger partial charge in [-0.3, -0.25) is 14.4 Å². The third kappa shape index (κ3) is 4.91. The number of hydrogen-bond acceptors (Lipinski definition) is 4. The van der Waals surface area contributed by atoms with E-state index in [2.05, 4.69) is 30.9 Å². The van der Waals surface area contributed by atoms with Gasteiger partial charge in [0.1, 0.15) is 11.3 Å². The van der Waals surface area contributed by atoms with E-state index in [-0.39, 0.29) is 29.6 Å². The van der Waals surface area contributed by atoms with Crippen molar-refractivity contribution < 1.29 is 18.8 Å². The zero-order chi connectivity index (χ0) is 29.5. The maximum Gasteiger partial charge on any atom is 0.257 e. The molecule has 5 N–H and O–H groups in total. The summed E-state index contributed by atoms with van der Waals surface area (Å²) in [6.07, 6.45) is 1.91. The summed E-state index contributed by atoms with van der Waals surface area (Å²) < 4.78 is 13.3. The minimum atomic E-state index is -0.527. The quantitative estimate of drug-likeness (QED) is 0.174. The Kier molecular flexibility index (Phi) is 6.82. The van der Waals surface area contributed by atoms with Crippen molar-refractivity contribution in [1.29, 1.82) is 0 Å². The van der Waals surface area contributed by atoms with Crippen LogP contribution in [0.1, 0.15) is 67.7 Å². The average molecular weight is 565 g/mol. The summed E-state index contributed by atoms with van der Waals surface area (Å²) in [4.78, 5) is 49.9. The van der Waals surface area contributed by atoms with E-state index in [9.17, 15) is 18.8 Å². The molecule has 42 heavy (non-hydrogen) atoms. The number of fused-ring (bicyclic) bond motifs is 2. The first kappa shape index (κ1) is 26.9. The van der Waals surface area contributed by atoms with Crippen LogP contribution in [0, 0.1) is 19.7 Å². The molecule has 1 aliphatic rings. The maximum atomic E-state index is 13.3. The summed E-state index contributed by atoms with van der Waals surface area (Å²) in [6.45, 7) is 5.60. The van der Waals surface area contributed by atoms with Gasteiger partial charge in [-0.25, -0.2) is 9.37 Å². The number of H-pyrrole nitrogens is 2. The van der Waals surface area contributed by atoms with E-state index in [0.29, 0.717) is 34.4 Å². The fourth-order valence-corrected chi connectivity index (χ4v) is 5.52.